The third-order valence-corrected chi connectivity index (χ3v) is 1.93. The molecule has 0 bridgehead atoms. The van der Waals surface area contributed by atoms with Gasteiger partial charge in [0, 0.05) is 6.07 Å². The molecule has 9 heteroatoms. The SMILES string of the molecule is NC(=NO)c1cn[nH]c1NC(=O)c1ccon1. The number of hydrogen-bond acceptors (Lipinski definition) is 6. The van der Waals surface area contributed by atoms with Gasteiger partial charge in [0.25, 0.3) is 5.91 Å². The number of nitrogens with zero attached hydrogens (tertiary/aromatic N) is 3. The predicted octanol–water partition coefficient (Wildman–Crippen LogP) is -0.256. The maximum Gasteiger partial charge on any atom is 0.278 e. The molecule has 0 aliphatic heterocycles. The van der Waals surface area contributed by atoms with Crippen molar-refractivity contribution in [3.05, 3.63) is 29.8 Å². The topological polar surface area (TPSA) is 142 Å². The molecule has 17 heavy (non-hydrogen) atoms. The summed E-state index contributed by atoms with van der Waals surface area (Å²) in [6, 6.07) is 1.40. The average molecular weight is 236 g/mol. The third kappa shape index (κ3) is 2.07. The van der Waals surface area contributed by atoms with E-state index < -0.39 is 5.91 Å². The molecule has 0 radical (unpaired) electrons. The van der Waals surface area contributed by atoms with Gasteiger partial charge in [-0.1, -0.05) is 10.3 Å². The molecule has 5 N–H and O–H groups in total. The molecule has 0 aliphatic carbocycles. The smallest absolute Gasteiger partial charge is 0.278 e. The van der Waals surface area contributed by atoms with Crippen molar-refractivity contribution in [3.63, 3.8) is 0 Å². The van der Waals surface area contributed by atoms with E-state index in [1.54, 1.807) is 0 Å². The molecular formula is C8H8N6O3. The largest absolute Gasteiger partial charge is 0.409 e. The van der Waals surface area contributed by atoms with Gasteiger partial charge >= 0.3 is 0 Å². The highest BCUT2D eigenvalue weighted by Crippen LogP contribution is 2.11. The summed E-state index contributed by atoms with van der Waals surface area (Å²) < 4.78 is 4.53. The van der Waals surface area contributed by atoms with Crippen LogP contribution in [0.3, 0.4) is 0 Å². The molecule has 0 saturated carbocycles. The molecule has 0 atom stereocenters. The normalized spacial score (nSPS) is 11.4. The highest BCUT2D eigenvalue weighted by atomic mass is 16.5. The van der Waals surface area contributed by atoms with Crippen molar-refractivity contribution in [2.75, 3.05) is 5.32 Å². The van der Waals surface area contributed by atoms with Gasteiger partial charge in [-0.05, 0) is 0 Å². The first-order valence-electron chi connectivity index (χ1n) is 4.45. The Kier molecular flexibility index (Phi) is 2.73. The summed E-state index contributed by atoms with van der Waals surface area (Å²) in [6.07, 6.45) is 2.58. The molecule has 2 rings (SSSR count). The Morgan fingerprint density at radius 2 is 2.47 bits per heavy atom. The molecule has 0 saturated heterocycles. The van der Waals surface area contributed by atoms with Crippen LogP contribution in [0.25, 0.3) is 0 Å². The zero-order chi connectivity index (χ0) is 12.3. The Labute approximate surface area is 94.3 Å². The Morgan fingerprint density at radius 3 is 3.12 bits per heavy atom. The van der Waals surface area contributed by atoms with Crippen LogP contribution in [0.4, 0.5) is 5.82 Å². The van der Waals surface area contributed by atoms with E-state index in [1.165, 1.54) is 18.5 Å². The summed E-state index contributed by atoms with van der Waals surface area (Å²) in [7, 11) is 0. The van der Waals surface area contributed by atoms with Gasteiger partial charge in [0.2, 0.25) is 0 Å². The van der Waals surface area contributed by atoms with E-state index >= 15 is 0 Å². The number of aromatic nitrogens is 3. The molecule has 0 aromatic carbocycles. The minimum absolute atomic E-state index is 0.102. The predicted molar refractivity (Wildman–Crippen MR) is 55.6 cm³/mol. The van der Waals surface area contributed by atoms with E-state index in [9.17, 15) is 4.79 Å². The highest BCUT2D eigenvalue weighted by Gasteiger charge is 2.15. The fraction of sp³-hybridized carbons (Fsp3) is 0. The van der Waals surface area contributed by atoms with Crippen LogP contribution in [0.2, 0.25) is 0 Å². The van der Waals surface area contributed by atoms with Gasteiger partial charge in [0.05, 0.1) is 11.8 Å². The standard InChI is InChI=1S/C8H8N6O3/c9-6(13-16)4-3-10-12-7(4)11-8(15)5-1-2-17-14-5/h1-3,16H,(H2,9,13)(H2,10,11,12,15). The summed E-state index contributed by atoms with van der Waals surface area (Å²) in [5.74, 6) is -0.475. The molecule has 1 amide bonds. The van der Waals surface area contributed by atoms with Crippen LogP contribution >= 0.6 is 0 Å². The average Bonchev–Trinajstić information content (AvgIpc) is 2.98. The van der Waals surface area contributed by atoms with E-state index in [4.69, 9.17) is 10.9 Å². The first-order valence-corrected chi connectivity index (χ1v) is 4.45. The van der Waals surface area contributed by atoms with Crippen molar-refractivity contribution in [1.29, 1.82) is 0 Å². The monoisotopic (exact) mass is 236 g/mol. The van der Waals surface area contributed by atoms with Gasteiger partial charge in [-0.25, -0.2) is 0 Å². The van der Waals surface area contributed by atoms with E-state index in [0.717, 1.165) is 0 Å². The Morgan fingerprint density at radius 1 is 1.65 bits per heavy atom. The summed E-state index contributed by atoms with van der Waals surface area (Å²) in [5, 5.41) is 23.4. The van der Waals surface area contributed by atoms with E-state index in [2.05, 4.69) is 30.3 Å². The lowest BCUT2D eigenvalue weighted by Crippen LogP contribution is -2.18. The van der Waals surface area contributed by atoms with Gasteiger partial charge in [-0.3, -0.25) is 9.89 Å². The molecule has 0 unspecified atom stereocenters. The van der Waals surface area contributed by atoms with Crippen LogP contribution < -0.4 is 11.1 Å². The number of H-pyrrole nitrogens is 1. The maximum absolute atomic E-state index is 11.6. The van der Waals surface area contributed by atoms with Crippen molar-refractivity contribution in [2.45, 2.75) is 0 Å². The van der Waals surface area contributed by atoms with Gasteiger partial charge in [-0.15, -0.1) is 0 Å². The molecule has 0 spiro atoms. The fourth-order valence-corrected chi connectivity index (χ4v) is 1.14. The van der Waals surface area contributed by atoms with Crippen LogP contribution in [0.1, 0.15) is 16.1 Å². The number of rotatable bonds is 3. The highest BCUT2D eigenvalue weighted by molar-refractivity contribution is 6.08. The van der Waals surface area contributed by atoms with E-state index in [-0.39, 0.29) is 22.9 Å². The number of carbonyl (C=O) groups excluding carboxylic acids is 1. The molecule has 0 aliphatic rings. The minimum Gasteiger partial charge on any atom is -0.409 e. The number of aromatic amines is 1. The summed E-state index contributed by atoms with van der Waals surface area (Å²) in [6.45, 7) is 0. The van der Waals surface area contributed by atoms with Crippen molar-refractivity contribution >= 4 is 17.6 Å². The van der Waals surface area contributed by atoms with Gasteiger partial charge in [-0.2, -0.15) is 5.10 Å². The van der Waals surface area contributed by atoms with Crippen molar-refractivity contribution in [1.82, 2.24) is 15.4 Å². The molecule has 2 aromatic rings. The Bertz CT molecular complexity index is 543. The number of carbonyl (C=O) groups is 1. The lowest BCUT2D eigenvalue weighted by atomic mass is 10.3. The van der Waals surface area contributed by atoms with Crippen LogP contribution in [-0.4, -0.2) is 32.3 Å². The van der Waals surface area contributed by atoms with Crippen molar-refractivity contribution in [3.8, 4) is 0 Å². The number of oxime groups is 1. The minimum atomic E-state index is -0.505. The molecule has 2 aromatic heterocycles. The number of nitrogens with one attached hydrogen (secondary N) is 2. The fourth-order valence-electron chi connectivity index (χ4n) is 1.14. The third-order valence-electron chi connectivity index (χ3n) is 1.93. The maximum atomic E-state index is 11.6. The molecular weight excluding hydrogens is 228 g/mol. The number of amidine groups is 1. The number of hydrogen-bond donors (Lipinski definition) is 4. The number of nitrogens with two attached hydrogens (primary N) is 1. The molecule has 2 heterocycles. The van der Waals surface area contributed by atoms with Gasteiger partial charge < -0.3 is 20.8 Å². The van der Waals surface area contributed by atoms with Gasteiger partial charge in [0.15, 0.2) is 11.5 Å². The number of anilines is 1. The zero-order valence-corrected chi connectivity index (χ0v) is 8.41. The van der Waals surface area contributed by atoms with Crippen LogP contribution in [0.15, 0.2) is 28.2 Å². The second-order valence-corrected chi connectivity index (χ2v) is 2.98. The zero-order valence-electron chi connectivity index (χ0n) is 8.41. The Hall–Kier alpha value is -2.84. The van der Waals surface area contributed by atoms with E-state index in [0.29, 0.717) is 0 Å². The van der Waals surface area contributed by atoms with E-state index in [1.807, 2.05) is 0 Å². The second kappa shape index (κ2) is 4.35. The summed E-state index contributed by atoms with van der Waals surface area (Å²) >= 11 is 0. The second-order valence-electron chi connectivity index (χ2n) is 2.98. The van der Waals surface area contributed by atoms with Crippen molar-refractivity contribution < 1.29 is 14.5 Å². The quantitative estimate of drug-likeness (QED) is 0.250. The summed E-state index contributed by atoms with van der Waals surface area (Å²) in [5.41, 5.74) is 5.76. The molecule has 88 valence electrons. The van der Waals surface area contributed by atoms with Gasteiger partial charge in [0.1, 0.15) is 12.1 Å². The Balaban J connectivity index is 2.20. The molecule has 9 nitrogen and oxygen atoms in total. The van der Waals surface area contributed by atoms with Crippen molar-refractivity contribution in [2.24, 2.45) is 10.9 Å². The molecule has 0 fully saturated rings. The first-order chi connectivity index (χ1) is 8.22. The number of amides is 1. The van der Waals surface area contributed by atoms with Crippen LogP contribution in [0.5, 0.6) is 0 Å². The lowest BCUT2D eigenvalue weighted by molar-refractivity contribution is 0.101. The summed E-state index contributed by atoms with van der Waals surface area (Å²) in [4.78, 5) is 11.6. The van der Waals surface area contributed by atoms with Crippen LogP contribution in [-0.2, 0) is 0 Å². The van der Waals surface area contributed by atoms with Crippen LogP contribution in [0, 0.1) is 0 Å². The lowest BCUT2D eigenvalue weighted by Gasteiger charge is -2.01. The first kappa shape index (κ1) is 10.7.